The second kappa shape index (κ2) is 7.39. The van der Waals surface area contributed by atoms with Gasteiger partial charge in [-0.05, 0) is 61.7 Å². The van der Waals surface area contributed by atoms with E-state index >= 15 is 0 Å². The summed E-state index contributed by atoms with van der Waals surface area (Å²) in [4.78, 5) is 2.34. The van der Waals surface area contributed by atoms with E-state index in [0.717, 1.165) is 5.69 Å². The lowest BCUT2D eigenvalue weighted by atomic mass is 10.1. The largest absolute Gasteiger partial charge is 0.369 e. The summed E-state index contributed by atoms with van der Waals surface area (Å²) < 4.78 is 27.5. The maximum atomic E-state index is 13.0. The van der Waals surface area contributed by atoms with E-state index in [2.05, 4.69) is 36.9 Å². The number of halogens is 2. The first-order chi connectivity index (χ1) is 12.2. The summed E-state index contributed by atoms with van der Waals surface area (Å²) in [7, 11) is -3.64. The number of nitrogens with zero attached hydrogens (tertiary/aromatic N) is 2. The predicted octanol–water partition coefficient (Wildman–Crippen LogP) is 4.43. The molecule has 4 nitrogen and oxygen atoms in total. The fourth-order valence-corrected chi connectivity index (χ4v) is 5.29. The molecule has 2 aromatic carbocycles. The summed E-state index contributed by atoms with van der Waals surface area (Å²) in [5.74, 6) is 0. The van der Waals surface area contributed by atoms with Crippen LogP contribution in [0.3, 0.4) is 0 Å². The number of hydrogen-bond acceptors (Lipinski definition) is 3. The van der Waals surface area contributed by atoms with E-state index < -0.39 is 10.0 Å². The molecule has 0 radical (unpaired) electrons. The Morgan fingerprint density at radius 2 is 1.54 bits per heavy atom. The van der Waals surface area contributed by atoms with Crippen LogP contribution < -0.4 is 4.90 Å². The Balaban J connectivity index is 1.79. The minimum absolute atomic E-state index is 0.126. The fraction of sp³-hybridized carbons (Fsp3) is 0.368. The Hall–Kier alpha value is -1.27. The summed E-state index contributed by atoms with van der Waals surface area (Å²) in [5.41, 5.74) is 4.21. The Bertz CT molecular complexity index is 937. The molecule has 0 saturated carbocycles. The van der Waals surface area contributed by atoms with Crippen LogP contribution >= 0.6 is 23.2 Å². The molecule has 140 valence electrons. The summed E-state index contributed by atoms with van der Waals surface area (Å²) in [6.07, 6.45) is 0. The van der Waals surface area contributed by atoms with Crippen LogP contribution in [0.1, 0.15) is 16.7 Å². The smallest absolute Gasteiger partial charge is 0.244 e. The van der Waals surface area contributed by atoms with Crippen molar-refractivity contribution >= 4 is 38.9 Å². The number of sulfonamides is 1. The molecule has 0 unspecified atom stereocenters. The molecule has 0 N–H and O–H groups in total. The van der Waals surface area contributed by atoms with Gasteiger partial charge in [0.1, 0.15) is 4.90 Å². The standard InChI is InChI=1S/C19H22Cl2N2O2S/c1-13-4-5-16(12-14(13)2)22-8-10-23(11-9-22)26(24,25)18-7-6-17(20)15(3)19(18)21/h4-7,12H,8-11H2,1-3H3. The predicted molar refractivity (Wildman–Crippen MR) is 108 cm³/mol. The van der Waals surface area contributed by atoms with Crippen molar-refractivity contribution in [2.45, 2.75) is 25.7 Å². The Labute approximate surface area is 165 Å². The first-order valence-corrected chi connectivity index (χ1v) is 10.7. The van der Waals surface area contributed by atoms with Crippen molar-refractivity contribution in [2.75, 3.05) is 31.1 Å². The van der Waals surface area contributed by atoms with Crippen LogP contribution in [0.4, 0.5) is 5.69 Å². The van der Waals surface area contributed by atoms with Crippen LogP contribution in [0, 0.1) is 20.8 Å². The monoisotopic (exact) mass is 412 g/mol. The molecule has 26 heavy (non-hydrogen) atoms. The topological polar surface area (TPSA) is 40.6 Å². The van der Waals surface area contributed by atoms with E-state index in [0.29, 0.717) is 36.8 Å². The van der Waals surface area contributed by atoms with Crippen LogP contribution in [0.2, 0.25) is 10.0 Å². The summed E-state index contributed by atoms with van der Waals surface area (Å²) in [5, 5.41) is 0.669. The lowest BCUT2D eigenvalue weighted by Crippen LogP contribution is -2.48. The third-order valence-electron chi connectivity index (χ3n) is 5.00. The molecule has 0 atom stereocenters. The summed E-state index contributed by atoms with van der Waals surface area (Å²) in [6.45, 7) is 8.03. The molecule has 1 heterocycles. The number of aryl methyl sites for hydroxylation is 2. The van der Waals surface area contributed by atoms with Crippen molar-refractivity contribution in [2.24, 2.45) is 0 Å². The van der Waals surface area contributed by atoms with Crippen molar-refractivity contribution in [1.82, 2.24) is 4.31 Å². The van der Waals surface area contributed by atoms with Gasteiger partial charge in [-0.2, -0.15) is 4.31 Å². The molecule has 1 aliphatic heterocycles. The van der Waals surface area contributed by atoms with Gasteiger partial charge in [0.15, 0.2) is 0 Å². The Kier molecular flexibility index (Phi) is 5.54. The van der Waals surface area contributed by atoms with Gasteiger partial charge in [-0.3, -0.25) is 0 Å². The SMILES string of the molecule is Cc1ccc(N2CCN(S(=O)(=O)c3ccc(Cl)c(C)c3Cl)CC2)cc1C. The van der Waals surface area contributed by atoms with E-state index in [9.17, 15) is 8.42 Å². The van der Waals surface area contributed by atoms with Crippen LogP contribution in [0.5, 0.6) is 0 Å². The van der Waals surface area contributed by atoms with Gasteiger partial charge in [0.25, 0.3) is 0 Å². The molecule has 0 bridgehead atoms. The van der Waals surface area contributed by atoms with Crippen molar-refractivity contribution in [3.8, 4) is 0 Å². The summed E-state index contributed by atoms with van der Waals surface area (Å²) >= 11 is 12.3. The zero-order valence-corrected chi connectivity index (χ0v) is 17.4. The van der Waals surface area contributed by atoms with E-state index in [4.69, 9.17) is 23.2 Å². The van der Waals surface area contributed by atoms with Gasteiger partial charge in [-0.1, -0.05) is 29.3 Å². The van der Waals surface area contributed by atoms with E-state index in [-0.39, 0.29) is 9.92 Å². The van der Waals surface area contributed by atoms with Crippen molar-refractivity contribution in [3.05, 3.63) is 57.1 Å². The molecule has 0 amide bonds. The second-order valence-corrected chi connectivity index (χ2v) is 9.34. The molecule has 0 aliphatic carbocycles. The fourth-order valence-electron chi connectivity index (χ4n) is 3.08. The van der Waals surface area contributed by atoms with Gasteiger partial charge in [-0.15, -0.1) is 0 Å². The molecule has 1 aliphatic rings. The number of anilines is 1. The average molecular weight is 413 g/mol. The van der Waals surface area contributed by atoms with Gasteiger partial charge in [0.05, 0.1) is 5.02 Å². The molecular formula is C19H22Cl2N2O2S. The number of hydrogen-bond donors (Lipinski definition) is 0. The maximum absolute atomic E-state index is 13.0. The molecule has 2 aromatic rings. The van der Waals surface area contributed by atoms with E-state index in [1.807, 2.05) is 0 Å². The molecular weight excluding hydrogens is 391 g/mol. The molecule has 0 aromatic heterocycles. The number of rotatable bonds is 3. The molecule has 0 spiro atoms. The lowest BCUT2D eigenvalue weighted by molar-refractivity contribution is 0.385. The molecule has 1 fully saturated rings. The van der Waals surface area contributed by atoms with Crippen molar-refractivity contribution in [1.29, 1.82) is 0 Å². The first-order valence-electron chi connectivity index (χ1n) is 8.49. The number of benzene rings is 2. The zero-order valence-electron chi connectivity index (χ0n) is 15.1. The summed E-state index contributed by atoms with van der Waals surface area (Å²) in [6, 6.07) is 9.42. The van der Waals surface area contributed by atoms with Crippen LogP contribution in [0.25, 0.3) is 0 Å². The molecule has 3 rings (SSSR count). The minimum Gasteiger partial charge on any atom is -0.369 e. The highest BCUT2D eigenvalue weighted by Gasteiger charge is 2.31. The van der Waals surface area contributed by atoms with Crippen LogP contribution in [-0.4, -0.2) is 38.9 Å². The van der Waals surface area contributed by atoms with Gasteiger partial charge in [-0.25, -0.2) is 8.42 Å². The van der Waals surface area contributed by atoms with E-state index in [1.54, 1.807) is 13.0 Å². The highest BCUT2D eigenvalue weighted by molar-refractivity contribution is 7.89. The Morgan fingerprint density at radius 3 is 2.15 bits per heavy atom. The molecule has 1 saturated heterocycles. The highest BCUT2D eigenvalue weighted by Crippen LogP contribution is 2.32. The highest BCUT2D eigenvalue weighted by atomic mass is 35.5. The van der Waals surface area contributed by atoms with Gasteiger partial charge < -0.3 is 4.90 Å². The van der Waals surface area contributed by atoms with Crippen molar-refractivity contribution < 1.29 is 8.42 Å². The van der Waals surface area contributed by atoms with Crippen LogP contribution in [0.15, 0.2) is 35.2 Å². The van der Waals surface area contributed by atoms with Crippen LogP contribution in [-0.2, 0) is 10.0 Å². The van der Waals surface area contributed by atoms with Gasteiger partial charge >= 0.3 is 0 Å². The zero-order chi connectivity index (χ0) is 19.1. The number of piperazine rings is 1. The molecule has 7 heteroatoms. The van der Waals surface area contributed by atoms with Crippen molar-refractivity contribution in [3.63, 3.8) is 0 Å². The third kappa shape index (κ3) is 3.58. The van der Waals surface area contributed by atoms with Gasteiger partial charge in [0.2, 0.25) is 10.0 Å². The normalized spacial score (nSPS) is 16.1. The van der Waals surface area contributed by atoms with E-state index in [1.165, 1.54) is 21.5 Å². The third-order valence-corrected chi connectivity index (χ3v) is 7.95. The Morgan fingerprint density at radius 1 is 0.885 bits per heavy atom. The van der Waals surface area contributed by atoms with Gasteiger partial charge in [0, 0.05) is 36.9 Å². The quantitative estimate of drug-likeness (QED) is 0.748. The lowest BCUT2D eigenvalue weighted by Gasteiger charge is -2.35. The maximum Gasteiger partial charge on any atom is 0.244 e. The minimum atomic E-state index is -3.64. The first kappa shape index (κ1) is 19.5. The average Bonchev–Trinajstić information content (AvgIpc) is 2.62. The second-order valence-electron chi connectivity index (χ2n) is 6.64.